The van der Waals surface area contributed by atoms with E-state index < -0.39 is 48.9 Å². The second-order valence-corrected chi connectivity index (χ2v) is 16.2. The van der Waals surface area contributed by atoms with Gasteiger partial charge in [0.25, 0.3) is 0 Å². The van der Waals surface area contributed by atoms with E-state index in [0.29, 0.717) is 72.7 Å². The smallest absolute Gasteiger partial charge is 0.148 e. The molecule has 0 fully saturated rings. The maximum absolute atomic E-state index is 11.9. The minimum atomic E-state index is -2.85. The van der Waals surface area contributed by atoms with Gasteiger partial charge in [0.15, 0.2) is 0 Å². The number of aromatic hydroxyl groups is 1. The van der Waals surface area contributed by atoms with Crippen molar-refractivity contribution in [2.24, 2.45) is 0 Å². The molecule has 2 heterocycles. The SMILES string of the molecule is [2H]c1c([2H])c(C([2H])([2H])[2H])c([2H])c([2H])c1-c1ccnc(-c2[c-]c(-c3cccc4c3nc(-c3cc(C)cc(C)c3O)n4-c3cc(-c4ccccc4)c(C([2H])([2H])[2H])cc3-c3ccccc3)cc(C(C)(C)C)c2)c1.[Pt]. The first-order chi connectivity index (χ1) is 33.0. The van der Waals surface area contributed by atoms with Gasteiger partial charge >= 0.3 is 0 Å². The van der Waals surface area contributed by atoms with Crippen LogP contribution in [0.3, 0.4) is 0 Å². The Labute approximate surface area is 388 Å². The number of aryl methyl sites for hydroxylation is 3. The summed E-state index contributed by atoms with van der Waals surface area (Å²) in [6.07, 6.45) is 1.52. The number of hydrogen-bond acceptors (Lipinski definition) is 3. The first-order valence-electron chi connectivity index (χ1n) is 24.8. The van der Waals surface area contributed by atoms with Crippen molar-refractivity contribution in [3.8, 4) is 78.6 Å². The molecule has 9 aromatic rings. The minimum Gasteiger partial charge on any atom is -0.507 e. The molecule has 0 aliphatic heterocycles. The molecule has 0 saturated heterocycles. The van der Waals surface area contributed by atoms with Gasteiger partial charge in [0.1, 0.15) is 11.6 Å². The Bertz CT molecular complexity index is 3500. The Morgan fingerprint density at radius 2 is 1.33 bits per heavy atom. The predicted octanol–water partition coefficient (Wildman–Crippen LogP) is 14.5. The summed E-state index contributed by atoms with van der Waals surface area (Å²) in [4.78, 5) is 10.1. The zero-order chi connectivity index (χ0) is 50.2. The first kappa shape index (κ1) is 30.6. The zero-order valence-electron chi connectivity index (χ0n) is 44.3. The van der Waals surface area contributed by atoms with Crippen LogP contribution in [0.25, 0.3) is 83.9 Å². The van der Waals surface area contributed by atoms with Crippen LogP contribution < -0.4 is 0 Å². The van der Waals surface area contributed by atoms with Gasteiger partial charge < -0.3 is 5.11 Å². The fourth-order valence-corrected chi connectivity index (χ4v) is 7.83. The monoisotopic (exact) mass is 983 g/mol. The molecule has 0 spiro atoms. The molecular weight excluding hydrogens is 926 g/mol. The van der Waals surface area contributed by atoms with Gasteiger partial charge in [0.05, 0.1) is 27.8 Å². The number of fused-ring (bicyclic) bond motifs is 1. The zero-order valence-corrected chi connectivity index (χ0v) is 36.6. The van der Waals surface area contributed by atoms with E-state index in [1.807, 2.05) is 122 Å². The fourth-order valence-electron chi connectivity index (χ4n) is 7.83. The van der Waals surface area contributed by atoms with Gasteiger partial charge in [-0.3, -0.25) is 9.55 Å². The largest absolute Gasteiger partial charge is 0.507 e. The van der Waals surface area contributed by atoms with E-state index in [2.05, 4.69) is 32.9 Å². The minimum absolute atomic E-state index is 0. The molecule has 0 radical (unpaired) electrons. The van der Waals surface area contributed by atoms with Crippen molar-refractivity contribution >= 4 is 11.0 Å². The number of rotatable bonds is 7. The summed E-state index contributed by atoms with van der Waals surface area (Å²) in [7, 11) is 0. The van der Waals surface area contributed by atoms with Crippen LogP contribution >= 0.6 is 0 Å². The van der Waals surface area contributed by atoms with Gasteiger partial charge in [-0.25, -0.2) is 4.98 Å². The third-order valence-corrected chi connectivity index (χ3v) is 10.9. The maximum atomic E-state index is 11.9. The average molecular weight is 984 g/mol. The number of imidazole rings is 1. The Hall–Kier alpha value is -6.35. The molecule has 7 aromatic carbocycles. The first-order valence-corrected chi connectivity index (χ1v) is 19.8. The van der Waals surface area contributed by atoms with Crippen molar-refractivity contribution in [3.05, 3.63) is 192 Å². The molecular formula is C56H48N3OPt-. The molecule has 4 nitrogen and oxygen atoms in total. The Morgan fingerprint density at radius 3 is 2.02 bits per heavy atom. The van der Waals surface area contributed by atoms with Crippen molar-refractivity contribution in [2.75, 3.05) is 0 Å². The summed E-state index contributed by atoms with van der Waals surface area (Å²) in [5.41, 5.74) is 9.33. The number of aromatic nitrogens is 3. The topological polar surface area (TPSA) is 50.9 Å². The molecule has 0 amide bonds. The molecule has 0 bridgehead atoms. The van der Waals surface area contributed by atoms with E-state index in [-0.39, 0.29) is 37.9 Å². The van der Waals surface area contributed by atoms with Crippen molar-refractivity contribution < 1.29 is 39.9 Å². The van der Waals surface area contributed by atoms with Crippen molar-refractivity contribution in [1.29, 1.82) is 0 Å². The number of pyridine rings is 1. The Balaban J connectivity index is 0.00000676. The second-order valence-electron chi connectivity index (χ2n) is 16.2. The van der Waals surface area contributed by atoms with Crippen LogP contribution in [-0.2, 0) is 26.5 Å². The van der Waals surface area contributed by atoms with Crippen LogP contribution in [0.5, 0.6) is 5.75 Å². The maximum Gasteiger partial charge on any atom is 0.148 e. The van der Waals surface area contributed by atoms with Gasteiger partial charge in [-0.2, -0.15) is 0 Å². The molecule has 2 aromatic heterocycles. The average Bonchev–Trinajstić information content (AvgIpc) is 3.71. The summed E-state index contributed by atoms with van der Waals surface area (Å²) < 4.78 is 86.7. The van der Waals surface area contributed by atoms with Crippen LogP contribution in [0.15, 0.2) is 158 Å². The number of nitrogens with zero attached hydrogens (tertiary/aromatic N) is 3. The summed E-state index contributed by atoms with van der Waals surface area (Å²) >= 11 is 0. The second kappa shape index (κ2) is 16.6. The van der Waals surface area contributed by atoms with Crippen LogP contribution in [0, 0.1) is 33.6 Å². The third-order valence-electron chi connectivity index (χ3n) is 10.9. The number of hydrogen-bond donors (Lipinski definition) is 1. The van der Waals surface area contributed by atoms with E-state index in [1.165, 1.54) is 6.20 Å². The van der Waals surface area contributed by atoms with Crippen LogP contribution in [0.1, 0.15) is 62.3 Å². The molecule has 304 valence electrons. The molecule has 9 rings (SSSR count). The molecule has 5 heteroatoms. The Morgan fingerprint density at radius 1 is 0.623 bits per heavy atom. The molecule has 0 aliphatic carbocycles. The Kier molecular flexibility index (Phi) is 8.34. The van der Waals surface area contributed by atoms with E-state index in [0.717, 1.165) is 22.3 Å². The third kappa shape index (κ3) is 8.01. The normalized spacial score (nSPS) is 14.2. The summed E-state index contributed by atoms with van der Waals surface area (Å²) in [6.45, 7) is 4.74. The van der Waals surface area contributed by atoms with Gasteiger partial charge in [0, 0.05) is 46.7 Å². The molecule has 0 atom stereocenters. The van der Waals surface area contributed by atoms with Crippen molar-refractivity contribution in [1.82, 2.24) is 14.5 Å². The molecule has 1 N–H and O–H groups in total. The van der Waals surface area contributed by atoms with Crippen LogP contribution in [-0.4, -0.2) is 19.6 Å². The fraction of sp³-hybridized carbons (Fsp3) is 0.143. The van der Waals surface area contributed by atoms with Crippen molar-refractivity contribution in [2.45, 2.75) is 53.7 Å². The quantitative estimate of drug-likeness (QED) is 0.162. The number of phenolic OH excluding ortho intramolecular Hbond substituents is 1. The van der Waals surface area contributed by atoms with E-state index in [9.17, 15) is 5.11 Å². The standard InChI is InChI=1S/C56H48N3O.Pt/c1-35-21-23-39(24-22-35)42-25-26-57-50(33-42)44-30-43(31-45(32-44)56(5,6)7)46-19-14-20-51-53(46)58-55(49-28-36(2)27-38(4)54(49)60)59(51)52-34-47(40-15-10-8-11-16-40)37(3)29-48(52)41-17-12-9-13-18-41;/h8-29,31-34,60H,1-7H3;/q-1;/i1D3,3D3,21D,22D,23D,24D;. The predicted molar refractivity (Wildman–Crippen MR) is 250 cm³/mol. The van der Waals surface area contributed by atoms with E-state index in [1.54, 1.807) is 18.2 Å². The van der Waals surface area contributed by atoms with Crippen molar-refractivity contribution in [3.63, 3.8) is 0 Å². The van der Waals surface area contributed by atoms with E-state index in [4.69, 9.17) is 23.7 Å². The van der Waals surface area contributed by atoms with Crippen LogP contribution in [0.2, 0.25) is 0 Å². The summed E-state index contributed by atoms with van der Waals surface area (Å²) in [5, 5.41) is 11.9. The number of para-hydroxylation sites is 1. The van der Waals surface area contributed by atoms with E-state index >= 15 is 0 Å². The molecule has 0 unspecified atom stereocenters. The van der Waals surface area contributed by atoms with Gasteiger partial charge in [-0.05, 0) is 108 Å². The van der Waals surface area contributed by atoms with Gasteiger partial charge in [-0.15, -0.1) is 29.3 Å². The summed E-state index contributed by atoms with van der Waals surface area (Å²) in [5.74, 6) is 0.479. The molecule has 61 heavy (non-hydrogen) atoms. The molecule has 0 saturated carbocycles. The number of phenols is 1. The van der Waals surface area contributed by atoms with Crippen LogP contribution in [0.4, 0.5) is 0 Å². The van der Waals surface area contributed by atoms with Gasteiger partial charge in [-0.1, -0.05) is 147 Å². The number of benzene rings is 7. The summed E-state index contributed by atoms with van der Waals surface area (Å²) in [6, 6.07) is 41.0. The van der Waals surface area contributed by atoms with Gasteiger partial charge in [0.2, 0.25) is 0 Å². The molecule has 0 aliphatic rings.